The lowest BCUT2D eigenvalue weighted by atomic mass is 10.0. The Kier molecular flexibility index (Phi) is 5.05. The summed E-state index contributed by atoms with van der Waals surface area (Å²) in [6, 6.07) is 14.4. The van der Waals surface area contributed by atoms with Gasteiger partial charge in [0.2, 0.25) is 0 Å². The van der Waals surface area contributed by atoms with Gasteiger partial charge in [-0.15, -0.1) is 0 Å². The van der Waals surface area contributed by atoms with E-state index in [2.05, 4.69) is 5.16 Å². The van der Waals surface area contributed by atoms with Gasteiger partial charge in [0.15, 0.2) is 12.4 Å². The van der Waals surface area contributed by atoms with E-state index >= 15 is 0 Å². The van der Waals surface area contributed by atoms with Crippen LogP contribution in [-0.4, -0.2) is 29.1 Å². The number of benzene rings is 2. The molecule has 0 saturated heterocycles. The van der Waals surface area contributed by atoms with Gasteiger partial charge in [-0.25, -0.2) is 0 Å². The van der Waals surface area contributed by atoms with E-state index in [4.69, 9.17) is 32.5 Å². The summed E-state index contributed by atoms with van der Waals surface area (Å²) in [6.45, 7) is 0.978. The molecule has 2 aromatic carbocycles. The number of halogens is 2. The largest absolute Gasteiger partial charge is 0.484 e. The van der Waals surface area contributed by atoms with Crippen LogP contribution in [0.1, 0.15) is 11.3 Å². The van der Waals surface area contributed by atoms with Crippen LogP contribution in [0.25, 0.3) is 11.3 Å². The lowest BCUT2D eigenvalue weighted by Gasteiger charge is -2.26. The Morgan fingerprint density at radius 3 is 2.44 bits per heavy atom. The average Bonchev–Trinajstić information content (AvgIpc) is 3.11. The molecule has 0 spiro atoms. The van der Waals surface area contributed by atoms with Crippen LogP contribution in [0.2, 0.25) is 10.0 Å². The molecule has 27 heavy (non-hydrogen) atoms. The zero-order chi connectivity index (χ0) is 18.8. The second-order valence-electron chi connectivity index (χ2n) is 6.25. The van der Waals surface area contributed by atoms with E-state index in [0.717, 1.165) is 22.6 Å². The molecule has 0 N–H and O–H groups in total. The summed E-state index contributed by atoms with van der Waals surface area (Å²) in [4.78, 5) is 14.2. The Balaban J connectivity index is 1.42. The average molecular weight is 403 g/mol. The quantitative estimate of drug-likeness (QED) is 0.639. The molecule has 7 heteroatoms. The topological polar surface area (TPSA) is 55.6 Å². The Morgan fingerprint density at radius 1 is 1.07 bits per heavy atom. The predicted molar refractivity (Wildman–Crippen MR) is 103 cm³/mol. The second kappa shape index (κ2) is 7.62. The third kappa shape index (κ3) is 3.94. The van der Waals surface area contributed by atoms with Crippen LogP contribution in [0.4, 0.5) is 0 Å². The van der Waals surface area contributed by atoms with Crippen molar-refractivity contribution < 1.29 is 14.1 Å². The number of aromatic nitrogens is 1. The molecule has 1 aliphatic rings. The van der Waals surface area contributed by atoms with Gasteiger partial charge in [0.25, 0.3) is 5.91 Å². The molecule has 0 unspecified atom stereocenters. The van der Waals surface area contributed by atoms with Crippen molar-refractivity contribution in [1.82, 2.24) is 10.1 Å². The van der Waals surface area contributed by atoms with Crippen molar-refractivity contribution in [2.24, 2.45) is 0 Å². The van der Waals surface area contributed by atoms with Crippen molar-refractivity contribution in [3.8, 4) is 17.1 Å². The van der Waals surface area contributed by atoms with Crippen LogP contribution >= 0.6 is 23.2 Å². The van der Waals surface area contributed by atoms with E-state index in [0.29, 0.717) is 35.3 Å². The minimum Gasteiger partial charge on any atom is -0.484 e. The first-order chi connectivity index (χ1) is 13.1. The molecule has 0 saturated carbocycles. The van der Waals surface area contributed by atoms with Crippen molar-refractivity contribution in [3.05, 3.63) is 69.8 Å². The van der Waals surface area contributed by atoms with Crippen molar-refractivity contribution >= 4 is 29.1 Å². The van der Waals surface area contributed by atoms with Crippen LogP contribution in [0.15, 0.2) is 53.1 Å². The Hall–Kier alpha value is -2.50. The summed E-state index contributed by atoms with van der Waals surface area (Å²) in [5.41, 5.74) is 2.75. The summed E-state index contributed by atoms with van der Waals surface area (Å²) in [6.07, 6.45) is 0.684. The number of rotatable bonds is 4. The van der Waals surface area contributed by atoms with Gasteiger partial charge in [0.1, 0.15) is 11.4 Å². The monoisotopic (exact) mass is 402 g/mol. The third-order valence-corrected chi connectivity index (χ3v) is 4.98. The molecule has 4 rings (SSSR count). The number of carbonyl (C=O) groups excluding carboxylic acids is 1. The Labute approximate surface area is 166 Å². The molecule has 0 radical (unpaired) electrons. The van der Waals surface area contributed by atoms with Gasteiger partial charge in [-0.05, 0) is 55.0 Å². The van der Waals surface area contributed by atoms with Crippen molar-refractivity contribution in [1.29, 1.82) is 0 Å². The first-order valence-corrected chi connectivity index (χ1v) is 9.25. The first-order valence-electron chi connectivity index (χ1n) is 8.49. The van der Waals surface area contributed by atoms with Crippen molar-refractivity contribution in [2.75, 3.05) is 13.2 Å². The number of nitrogens with zero attached hydrogens (tertiary/aromatic N) is 2. The molecule has 1 aliphatic heterocycles. The zero-order valence-corrected chi connectivity index (χ0v) is 15.8. The van der Waals surface area contributed by atoms with Crippen molar-refractivity contribution in [3.63, 3.8) is 0 Å². The summed E-state index contributed by atoms with van der Waals surface area (Å²) < 4.78 is 11.1. The Morgan fingerprint density at radius 2 is 1.74 bits per heavy atom. The maximum absolute atomic E-state index is 12.5. The summed E-state index contributed by atoms with van der Waals surface area (Å²) >= 11 is 11.8. The SMILES string of the molecule is O=C(COc1ccc(Cl)cc1)N1CCc2c(noc2-c2ccc(Cl)cc2)C1. The molecule has 1 amide bonds. The van der Waals surface area contributed by atoms with Gasteiger partial charge < -0.3 is 14.2 Å². The predicted octanol–water partition coefficient (Wildman–Crippen LogP) is 4.61. The van der Waals surface area contributed by atoms with Gasteiger partial charge in [-0.1, -0.05) is 28.4 Å². The smallest absolute Gasteiger partial charge is 0.260 e. The molecule has 0 aliphatic carbocycles. The van der Waals surface area contributed by atoms with Gasteiger partial charge in [0, 0.05) is 27.7 Å². The van der Waals surface area contributed by atoms with Crippen LogP contribution < -0.4 is 4.74 Å². The number of hydrogen-bond donors (Lipinski definition) is 0. The molecule has 0 bridgehead atoms. The van der Waals surface area contributed by atoms with Gasteiger partial charge in [-0.3, -0.25) is 4.79 Å². The number of ether oxygens (including phenoxy) is 1. The molecular weight excluding hydrogens is 387 g/mol. The third-order valence-electron chi connectivity index (χ3n) is 4.48. The van der Waals surface area contributed by atoms with E-state index in [-0.39, 0.29) is 12.5 Å². The fourth-order valence-electron chi connectivity index (χ4n) is 3.04. The first kappa shape index (κ1) is 17.9. The normalized spacial score (nSPS) is 13.3. The Bertz CT molecular complexity index is 952. The zero-order valence-electron chi connectivity index (χ0n) is 14.3. The van der Waals surface area contributed by atoms with Gasteiger partial charge in [-0.2, -0.15) is 0 Å². The van der Waals surface area contributed by atoms with Crippen LogP contribution in [-0.2, 0) is 17.8 Å². The fraction of sp³-hybridized carbons (Fsp3) is 0.200. The van der Waals surface area contributed by atoms with E-state index in [1.54, 1.807) is 29.2 Å². The number of carbonyl (C=O) groups is 1. The molecular formula is C20H16Cl2N2O3. The molecule has 5 nitrogen and oxygen atoms in total. The summed E-state index contributed by atoms with van der Waals surface area (Å²) in [7, 11) is 0. The molecule has 138 valence electrons. The van der Waals surface area contributed by atoms with E-state index in [1.807, 2.05) is 24.3 Å². The summed E-state index contributed by atoms with van der Waals surface area (Å²) in [5.74, 6) is 1.26. The van der Waals surface area contributed by atoms with E-state index in [1.165, 1.54) is 0 Å². The maximum atomic E-state index is 12.5. The van der Waals surface area contributed by atoms with Gasteiger partial charge >= 0.3 is 0 Å². The highest BCUT2D eigenvalue weighted by molar-refractivity contribution is 6.30. The van der Waals surface area contributed by atoms with Crippen LogP contribution in [0, 0.1) is 0 Å². The lowest BCUT2D eigenvalue weighted by molar-refractivity contribution is -0.134. The molecule has 0 fully saturated rings. The summed E-state index contributed by atoms with van der Waals surface area (Å²) in [5, 5.41) is 5.45. The van der Waals surface area contributed by atoms with Crippen molar-refractivity contribution in [2.45, 2.75) is 13.0 Å². The lowest BCUT2D eigenvalue weighted by Crippen LogP contribution is -2.38. The number of hydrogen-bond acceptors (Lipinski definition) is 4. The van der Waals surface area contributed by atoms with E-state index in [9.17, 15) is 4.79 Å². The maximum Gasteiger partial charge on any atom is 0.260 e. The minimum absolute atomic E-state index is 0.0289. The van der Waals surface area contributed by atoms with Gasteiger partial charge in [0.05, 0.1) is 6.54 Å². The second-order valence-corrected chi connectivity index (χ2v) is 7.12. The molecule has 2 heterocycles. The standard InChI is InChI=1S/C20H16Cl2N2O3/c21-14-3-1-13(2-4-14)20-17-9-10-24(11-18(17)23-27-20)19(25)12-26-16-7-5-15(22)6-8-16/h1-8H,9-12H2. The molecule has 3 aromatic rings. The number of fused-ring (bicyclic) bond motifs is 1. The van der Waals surface area contributed by atoms with Crippen LogP contribution in [0.5, 0.6) is 5.75 Å². The highest BCUT2D eigenvalue weighted by atomic mass is 35.5. The highest BCUT2D eigenvalue weighted by Crippen LogP contribution is 2.31. The van der Waals surface area contributed by atoms with Crippen LogP contribution in [0.3, 0.4) is 0 Å². The minimum atomic E-state index is -0.0911. The molecule has 0 atom stereocenters. The number of amides is 1. The molecule has 1 aromatic heterocycles. The highest BCUT2D eigenvalue weighted by Gasteiger charge is 2.27. The fourth-order valence-corrected chi connectivity index (χ4v) is 3.29. The van der Waals surface area contributed by atoms with E-state index < -0.39 is 0 Å².